The molecule has 1 unspecified atom stereocenters. The van der Waals surface area contributed by atoms with Gasteiger partial charge in [0, 0.05) is 0 Å². The van der Waals surface area contributed by atoms with E-state index < -0.39 is 11.5 Å². The zero-order valence-corrected chi connectivity index (χ0v) is 12.2. The molecular formula is C12H20Cl2O2. The van der Waals surface area contributed by atoms with Gasteiger partial charge in [0.2, 0.25) is 0 Å². The molecule has 16 heavy (non-hydrogen) atoms. The van der Waals surface area contributed by atoms with Crippen LogP contribution in [0.1, 0.15) is 41.5 Å². The number of hydrogen-bond donors (Lipinski definition) is 0. The zero-order chi connectivity index (χ0) is 13.1. The summed E-state index contributed by atoms with van der Waals surface area (Å²) in [5, 5.41) is 0. The Balaban J connectivity index is 4.94. The summed E-state index contributed by atoms with van der Waals surface area (Å²) in [6.07, 6.45) is 1.52. The molecule has 0 saturated carbocycles. The van der Waals surface area contributed by atoms with Crippen molar-refractivity contribution in [2.45, 2.75) is 47.1 Å². The second-order valence-corrected chi connectivity index (χ2v) is 6.84. The van der Waals surface area contributed by atoms with Crippen LogP contribution >= 0.6 is 23.2 Å². The normalized spacial score (nSPS) is 14.2. The lowest BCUT2D eigenvalue weighted by Gasteiger charge is -2.29. The van der Waals surface area contributed by atoms with Crippen molar-refractivity contribution in [1.29, 1.82) is 0 Å². The third-order valence-electron chi connectivity index (χ3n) is 1.89. The lowest BCUT2D eigenvalue weighted by molar-refractivity contribution is -0.161. The summed E-state index contributed by atoms with van der Waals surface area (Å²) < 4.78 is 5.42. The molecule has 4 heteroatoms. The van der Waals surface area contributed by atoms with Crippen LogP contribution in [0.15, 0.2) is 10.6 Å². The minimum Gasteiger partial charge on any atom is -0.459 e. The van der Waals surface area contributed by atoms with Crippen LogP contribution in [0.2, 0.25) is 0 Å². The number of ether oxygens (including phenoxy) is 1. The molecule has 0 aromatic heterocycles. The molecule has 0 aliphatic rings. The van der Waals surface area contributed by atoms with Gasteiger partial charge >= 0.3 is 5.97 Å². The maximum absolute atomic E-state index is 12.0. The van der Waals surface area contributed by atoms with Gasteiger partial charge < -0.3 is 4.74 Å². The first-order valence-corrected chi connectivity index (χ1v) is 5.95. The Morgan fingerprint density at radius 3 is 1.81 bits per heavy atom. The number of rotatable bonds is 2. The maximum Gasteiger partial charge on any atom is 0.313 e. The van der Waals surface area contributed by atoms with Gasteiger partial charge in [0.1, 0.15) is 10.1 Å². The predicted molar refractivity (Wildman–Crippen MR) is 68.6 cm³/mol. The standard InChI is InChI=1S/C12H20Cl2O2/c1-11(2,3)8(7-9(13)14)10(15)16-12(4,5)6/h7-8H,1-6H3. The third-order valence-corrected chi connectivity index (χ3v) is 2.14. The smallest absolute Gasteiger partial charge is 0.313 e. The average molecular weight is 267 g/mol. The van der Waals surface area contributed by atoms with Crippen molar-refractivity contribution >= 4 is 29.2 Å². The first kappa shape index (κ1) is 15.8. The Kier molecular flexibility index (Phi) is 5.34. The highest BCUT2D eigenvalue weighted by molar-refractivity contribution is 6.55. The minimum atomic E-state index is -0.507. The van der Waals surface area contributed by atoms with E-state index in [0.717, 1.165) is 0 Å². The van der Waals surface area contributed by atoms with Crippen LogP contribution in [0.5, 0.6) is 0 Å². The minimum absolute atomic E-state index is 0.0887. The molecule has 0 radical (unpaired) electrons. The Morgan fingerprint density at radius 1 is 1.12 bits per heavy atom. The second-order valence-electron chi connectivity index (χ2n) is 5.83. The van der Waals surface area contributed by atoms with Gasteiger partial charge in [0.15, 0.2) is 0 Å². The fourth-order valence-electron chi connectivity index (χ4n) is 1.16. The Morgan fingerprint density at radius 2 is 1.56 bits per heavy atom. The van der Waals surface area contributed by atoms with E-state index in [4.69, 9.17) is 27.9 Å². The number of carbonyl (C=O) groups excluding carboxylic acids is 1. The van der Waals surface area contributed by atoms with Crippen LogP contribution in [0.25, 0.3) is 0 Å². The summed E-state index contributed by atoms with van der Waals surface area (Å²) in [6, 6.07) is 0. The van der Waals surface area contributed by atoms with Gasteiger partial charge in [-0.15, -0.1) is 0 Å². The van der Waals surface area contributed by atoms with E-state index in [1.54, 1.807) is 0 Å². The molecule has 0 aliphatic heterocycles. The summed E-state index contributed by atoms with van der Waals surface area (Å²) in [7, 11) is 0. The molecule has 0 amide bonds. The summed E-state index contributed by atoms with van der Waals surface area (Å²) in [5.74, 6) is -0.754. The van der Waals surface area contributed by atoms with Crippen LogP contribution in [0.3, 0.4) is 0 Å². The fourth-order valence-corrected chi connectivity index (χ4v) is 1.41. The van der Waals surface area contributed by atoms with Gasteiger partial charge in [-0.3, -0.25) is 4.79 Å². The van der Waals surface area contributed by atoms with Crippen molar-refractivity contribution in [1.82, 2.24) is 0 Å². The van der Waals surface area contributed by atoms with E-state index in [1.807, 2.05) is 41.5 Å². The molecule has 1 atom stereocenters. The van der Waals surface area contributed by atoms with Gasteiger partial charge in [-0.05, 0) is 32.3 Å². The highest BCUT2D eigenvalue weighted by Gasteiger charge is 2.33. The highest BCUT2D eigenvalue weighted by Crippen LogP contribution is 2.31. The quantitative estimate of drug-likeness (QED) is 0.697. The third kappa shape index (κ3) is 6.39. The molecule has 0 spiro atoms. The summed E-state index contributed by atoms with van der Waals surface area (Å²) in [4.78, 5) is 12.0. The van der Waals surface area contributed by atoms with Crippen LogP contribution < -0.4 is 0 Å². The lowest BCUT2D eigenvalue weighted by Crippen LogP contribution is -2.34. The molecule has 0 saturated heterocycles. The van der Waals surface area contributed by atoms with Crippen LogP contribution in [0.4, 0.5) is 0 Å². The number of hydrogen-bond acceptors (Lipinski definition) is 2. The number of esters is 1. The lowest BCUT2D eigenvalue weighted by atomic mass is 9.81. The van der Waals surface area contributed by atoms with E-state index in [2.05, 4.69) is 0 Å². The molecule has 0 aromatic carbocycles. The van der Waals surface area contributed by atoms with E-state index >= 15 is 0 Å². The summed E-state index contributed by atoms with van der Waals surface area (Å²) in [6.45, 7) is 11.3. The first-order valence-electron chi connectivity index (χ1n) is 5.19. The molecule has 0 bridgehead atoms. The fraction of sp³-hybridized carbons (Fsp3) is 0.750. The van der Waals surface area contributed by atoms with Crippen LogP contribution in [-0.4, -0.2) is 11.6 Å². The molecule has 2 nitrogen and oxygen atoms in total. The molecule has 94 valence electrons. The van der Waals surface area contributed by atoms with Crippen molar-refractivity contribution in [2.75, 3.05) is 0 Å². The molecular weight excluding hydrogens is 247 g/mol. The topological polar surface area (TPSA) is 26.3 Å². The zero-order valence-electron chi connectivity index (χ0n) is 10.7. The van der Waals surface area contributed by atoms with Gasteiger partial charge in [0.25, 0.3) is 0 Å². The predicted octanol–water partition coefficient (Wildman–Crippen LogP) is 4.31. The molecule has 0 heterocycles. The number of halogens is 2. The highest BCUT2D eigenvalue weighted by atomic mass is 35.5. The monoisotopic (exact) mass is 266 g/mol. The van der Waals surface area contributed by atoms with Gasteiger partial charge in [-0.2, -0.15) is 0 Å². The van der Waals surface area contributed by atoms with Gasteiger partial charge in [0.05, 0.1) is 5.92 Å². The Hall–Kier alpha value is -0.210. The largest absolute Gasteiger partial charge is 0.459 e. The van der Waals surface area contributed by atoms with Crippen LogP contribution in [0, 0.1) is 11.3 Å². The average Bonchev–Trinajstić information content (AvgIpc) is 1.93. The molecule has 0 fully saturated rings. The van der Waals surface area contributed by atoms with Crippen molar-refractivity contribution in [3.63, 3.8) is 0 Å². The van der Waals surface area contributed by atoms with Crippen LogP contribution in [-0.2, 0) is 9.53 Å². The van der Waals surface area contributed by atoms with Crippen molar-refractivity contribution in [3.8, 4) is 0 Å². The molecule has 0 N–H and O–H groups in total. The molecule has 0 rings (SSSR count). The van der Waals surface area contributed by atoms with Gasteiger partial charge in [-0.1, -0.05) is 44.0 Å². The maximum atomic E-state index is 12.0. The Labute approximate surface area is 108 Å². The summed E-state index contributed by atoms with van der Waals surface area (Å²) >= 11 is 11.2. The van der Waals surface area contributed by atoms with E-state index in [-0.39, 0.29) is 15.9 Å². The molecule has 0 aromatic rings. The Bertz CT molecular complexity index is 278. The van der Waals surface area contributed by atoms with E-state index in [1.165, 1.54) is 6.08 Å². The van der Waals surface area contributed by atoms with E-state index in [9.17, 15) is 4.79 Å². The summed E-state index contributed by atoms with van der Waals surface area (Å²) in [5.41, 5.74) is -0.787. The van der Waals surface area contributed by atoms with Crippen molar-refractivity contribution in [2.24, 2.45) is 11.3 Å². The van der Waals surface area contributed by atoms with Gasteiger partial charge in [-0.25, -0.2) is 0 Å². The SMILES string of the molecule is CC(C)(C)OC(=O)C(C=C(Cl)Cl)C(C)(C)C. The number of carbonyl (C=O) groups is 1. The first-order chi connectivity index (χ1) is 6.93. The van der Waals surface area contributed by atoms with Crippen molar-refractivity contribution in [3.05, 3.63) is 10.6 Å². The van der Waals surface area contributed by atoms with Crippen molar-refractivity contribution < 1.29 is 9.53 Å². The molecule has 0 aliphatic carbocycles. The van der Waals surface area contributed by atoms with E-state index in [0.29, 0.717) is 0 Å². The second kappa shape index (κ2) is 5.42.